The van der Waals surface area contributed by atoms with Crippen LogP contribution >= 0.6 is 0 Å². The third-order valence-corrected chi connectivity index (χ3v) is 3.45. The number of hydrogen-bond donors (Lipinski definition) is 2. The van der Waals surface area contributed by atoms with Crippen LogP contribution in [-0.4, -0.2) is 41.0 Å². The number of hydrogen-bond acceptors (Lipinski definition) is 3. The summed E-state index contributed by atoms with van der Waals surface area (Å²) in [6.07, 6.45) is 2.12. The number of amides is 1. The van der Waals surface area contributed by atoms with E-state index in [1.807, 2.05) is 12.1 Å². The van der Waals surface area contributed by atoms with Crippen LogP contribution in [0.25, 0.3) is 0 Å². The Kier molecular flexibility index (Phi) is 7.60. The Bertz CT molecular complexity index is 496. The molecule has 0 bridgehead atoms. The highest BCUT2D eigenvalue weighted by atomic mass is 16.4. The van der Waals surface area contributed by atoms with Gasteiger partial charge in [-0.2, -0.15) is 0 Å². The van der Waals surface area contributed by atoms with Gasteiger partial charge in [-0.15, -0.1) is 0 Å². The minimum Gasteiger partial charge on any atom is -0.480 e. The van der Waals surface area contributed by atoms with Crippen molar-refractivity contribution in [2.75, 3.05) is 13.1 Å². The fraction of sp³-hybridized carbons (Fsp3) is 0.529. The maximum Gasteiger partial charge on any atom is 0.325 e. The first-order chi connectivity index (χ1) is 10.5. The number of carbonyl (C=O) groups is 2. The molecule has 1 rings (SSSR count). The normalized spacial score (nSPS) is 12.2. The summed E-state index contributed by atoms with van der Waals surface area (Å²) < 4.78 is 0. The van der Waals surface area contributed by atoms with Crippen LogP contribution in [0.1, 0.15) is 49.5 Å². The summed E-state index contributed by atoms with van der Waals surface area (Å²) >= 11 is 0. The highest BCUT2D eigenvalue weighted by Gasteiger charge is 2.18. The van der Waals surface area contributed by atoms with Crippen molar-refractivity contribution in [3.8, 4) is 0 Å². The van der Waals surface area contributed by atoms with Gasteiger partial charge in [-0.05, 0) is 44.5 Å². The van der Waals surface area contributed by atoms with E-state index >= 15 is 0 Å². The molecule has 122 valence electrons. The topological polar surface area (TPSA) is 69.6 Å². The van der Waals surface area contributed by atoms with E-state index < -0.39 is 12.0 Å². The van der Waals surface area contributed by atoms with Gasteiger partial charge in [0.25, 0.3) is 5.91 Å². The SMILES string of the molecule is CCCN(CCC)Cc1ccccc1C(=O)NC(C)C(=O)O. The average Bonchev–Trinajstić information content (AvgIpc) is 2.48. The molecule has 0 radical (unpaired) electrons. The molecule has 1 aromatic carbocycles. The molecule has 0 saturated carbocycles. The third kappa shape index (κ3) is 5.48. The maximum absolute atomic E-state index is 12.3. The summed E-state index contributed by atoms with van der Waals surface area (Å²) in [6.45, 7) is 8.40. The second-order valence-electron chi connectivity index (χ2n) is 5.47. The molecule has 0 aliphatic heterocycles. The quantitative estimate of drug-likeness (QED) is 0.735. The lowest BCUT2D eigenvalue weighted by Crippen LogP contribution is -2.39. The number of aliphatic carboxylic acids is 1. The highest BCUT2D eigenvalue weighted by molar-refractivity contribution is 5.97. The second kappa shape index (κ2) is 9.20. The highest BCUT2D eigenvalue weighted by Crippen LogP contribution is 2.13. The van der Waals surface area contributed by atoms with Gasteiger partial charge in [-0.3, -0.25) is 14.5 Å². The molecule has 0 saturated heterocycles. The Hall–Kier alpha value is -1.88. The van der Waals surface area contributed by atoms with Crippen LogP contribution in [0.5, 0.6) is 0 Å². The van der Waals surface area contributed by atoms with E-state index in [-0.39, 0.29) is 5.91 Å². The van der Waals surface area contributed by atoms with E-state index in [1.165, 1.54) is 6.92 Å². The molecule has 0 heterocycles. The summed E-state index contributed by atoms with van der Waals surface area (Å²) in [5.74, 6) is -1.37. The van der Waals surface area contributed by atoms with Crippen molar-refractivity contribution in [2.45, 2.75) is 46.2 Å². The largest absolute Gasteiger partial charge is 0.480 e. The zero-order chi connectivity index (χ0) is 16.5. The van der Waals surface area contributed by atoms with Gasteiger partial charge in [0.05, 0.1) is 0 Å². The second-order valence-corrected chi connectivity index (χ2v) is 5.47. The Balaban J connectivity index is 2.88. The van der Waals surface area contributed by atoms with Crippen molar-refractivity contribution >= 4 is 11.9 Å². The van der Waals surface area contributed by atoms with Crippen LogP contribution in [0.3, 0.4) is 0 Å². The van der Waals surface area contributed by atoms with Crippen LogP contribution in [0.2, 0.25) is 0 Å². The molecule has 1 unspecified atom stereocenters. The van der Waals surface area contributed by atoms with Crippen molar-refractivity contribution in [3.05, 3.63) is 35.4 Å². The van der Waals surface area contributed by atoms with Gasteiger partial charge in [0, 0.05) is 12.1 Å². The Morgan fingerprint density at radius 3 is 2.32 bits per heavy atom. The molecule has 1 atom stereocenters. The molecule has 0 aromatic heterocycles. The van der Waals surface area contributed by atoms with Crippen LogP contribution < -0.4 is 5.32 Å². The van der Waals surface area contributed by atoms with E-state index in [2.05, 4.69) is 24.1 Å². The van der Waals surface area contributed by atoms with Gasteiger partial charge in [0.2, 0.25) is 0 Å². The molecule has 2 N–H and O–H groups in total. The van der Waals surface area contributed by atoms with Crippen molar-refractivity contribution in [2.24, 2.45) is 0 Å². The van der Waals surface area contributed by atoms with Crippen molar-refractivity contribution < 1.29 is 14.7 Å². The van der Waals surface area contributed by atoms with Crippen LogP contribution in [0.4, 0.5) is 0 Å². The minimum atomic E-state index is -1.04. The van der Waals surface area contributed by atoms with Gasteiger partial charge >= 0.3 is 5.97 Å². The molecular formula is C17H26N2O3. The van der Waals surface area contributed by atoms with E-state index in [0.717, 1.165) is 31.5 Å². The summed E-state index contributed by atoms with van der Waals surface area (Å²) in [7, 11) is 0. The smallest absolute Gasteiger partial charge is 0.325 e. The number of benzene rings is 1. The van der Waals surface area contributed by atoms with E-state index in [4.69, 9.17) is 5.11 Å². The standard InChI is InChI=1S/C17H26N2O3/c1-4-10-19(11-5-2)12-14-8-6-7-9-15(14)16(20)18-13(3)17(21)22/h6-9,13H,4-5,10-12H2,1-3H3,(H,18,20)(H,21,22). The zero-order valence-electron chi connectivity index (χ0n) is 13.6. The van der Waals surface area contributed by atoms with Gasteiger partial charge in [-0.25, -0.2) is 0 Å². The molecule has 0 fully saturated rings. The molecule has 0 spiro atoms. The first-order valence-corrected chi connectivity index (χ1v) is 7.83. The minimum absolute atomic E-state index is 0.335. The van der Waals surface area contributed by atoms with Crippen LogP contribution in [0.15, 0.2) is 24.3 Å². The van der Waals surface area contributed by atoms with E-state index in [1.54, 1.807) is 12.1 Å². The molecule has 1 aromatic rings. The van der Waals surface area contributed by atoms with Crippen molar-refractivity contribution in [1.82, 2.24) is 10.2 Å². The van der Waals surface area contributed by atoms with Gasteiger partial charge in [-0.1, -0.05) is 32.0 Å². The van der Waals surface area contributed by atoms with Crippen molar-refractivity contribution in [1.29, 1.82) is 0 Å². The number of nitrogens with zero attached hydrogens (tertiary/aromatic N) is 1. The Morgan fingerprint density at radius 2 is 1.77 bits per heavy atom. The predicted molar refractivity (Wildman–Crippen MR) is 86.9 cm³/mol. The molecule has 0 aliphatic carbocycles. The number of carboxylic acids is 1. The van der Waals surface area contributed by atoms with Gasteiger partial charge in [0.15, 0.2) is 0 Å². The molecule has 0 aliphatic rings. The Morgan fingerprint density at radius 1 is 1.18 bits per heavy atom. The first kappa shape index (κ1) is 18.2. The number of nitrogens with one attached hydrogen (secondary N) is 1. The lowest BCUT2D eigenvalue weighted by molar-refractivity contribution is -0.138. The number of carbonyl (C=O) groups excluding carboxylic acids is 1. The number of rotatable bonds is 9. The fourth-order valence-electron chi connectivity index (χ4n) is 2.36. The summed E-state index contributed by atoms with van der Waals surface area (Å²) in [5.41, 5.74) is 1.48. The molecule has 1 amide bonds. The zero-order valence-corrected chi connectivity index (χ0v) is 13.6. The molecule has 22 heavy (non-hydrogen) atoms. The molecule has 5 nitrogen and oxygen atoms in total. The van der Waals surface area contributed by atoms with Crippen LogP contribution in [-0.2, 0) is 11.3 Å². The summed E-state index contributed by atoms with van der Waals surface area (Å²) in [5, 5.41) is 11.4. The predicted octanol–water partition coefficient (Wildman–Crippen LogP) is 2.51. The lowest BCUT2D eigenvalue weighted by Gasteiger charge is -2.22. The first-order valence-electron chi connectivity index (χ1n) is 7.83. The fourth-order valence-corrected chi connectivity index (χ4v) is 2.36. The molecular weight excluding hydrogens is 280 g/mol. The average molecular weight is 306 g/mol. The summed E-state index contributed by atoms with van der Waals surface area (Å²) in [4.78, 5) is 25.5. The number of carboxylic acid groups (broad SMARTS) is 1. The van der Waals surface area contributed by atoms with Crippen LogP contribution in [0, 0.1) is 0 Å². The van der Waals surface area contributed by atoms with Gasteiger partial charge in [0.1, 0.15) is 6.04 Å². The Labute approximate surface area is 132 Å². The van der Waals surface area contributed by atoms with Crippen molar-refractivity contribution in [3.63, 3.8) is 0 Å². The lowest BCUT2D eigenvalue weighted by atomic mass is 10.1. The van der Waals surface area contributed by atoms with Gasteiger partial charge < -0.3 is 10.4 Å². The maximum atomic E-state index is 12.3. The third-order valence-electron chi connectivity index (χ3n) is 3.45. The summed E-state index contributed by atoms with van der Waals surface area (Å²) in [6, 6.07) is 6.48. The van der Waals surface area contributed by atoms with E-state index in [9.17, 15) is 9.59 Å². The monoisotopic (exact) mass is 306 g/mol. The van der Waals surface area contributed by atoms with E-state index in [0.29, 0.717) is 12.1 Å². The molecule has 5 heteroatoms.